The van der Waals surface area contributed by atoms with E-state index >= 15 is 0 Å². The van der Waals surface area contributed by atoms with Gasteiger partial charge < -0.3 is 10.2 Å². The zero-order valence-electron chi connectivity index (χ0n) is 22.3. The molecule has 2 saturated heterocycles. The van der Waals surface area contributed by atoms with Crippen LogP contribution < -0.4 is 5.32 Å². The molecule has 2 N–H and O–H groups in total. The van der Waals surface area contributed by atoms with Crippen LogP contribution in [0.1, 0.15) is 55.6 Å². The van der Waals surface area contributed by atoms with Crippen LogP contribution >= 0.6 is 0 Å². The quantitative estimate of drug-likeness (QED) is 0.457. The van der Waals surface area contributed by atoms with Gasteiger partial charge in [0.25, 0.3) is 0 Å². The highest BCUT2D eigenvalue weighted by Gasteiger charge is 2.47. The van der Waals surface area contributed by atoms with Gasteiger partial charge in [-0.05, 0) is 109 Å². The van der Waals surface area contributed by atoms with Gasteiger partial charge in [-0.2, -0.15) is 13.2 Å². The van der Waals surface area contributed by atoms with E-state index in [0.29, 0.717) is 28.5 Å². The highest BCUT2D eigenvalue weighted by Crippen LogP contribution is 2.51. The Kier molecular flexibility index (Phi) is 6.99. The molecule has 0 bridgehead atoms. The Labute approximate surface area is 231 Å². The van der Waals surface area contributed by atoms with Crippen LogP contribution in [-0.2, 0) is 16.0 Å². The minimum Gasteiger partial charge on any atom is -0.317 e. The first-order chi connectivity index (χ1) is 19.0. The van der Waals surface area contributed by atoms with Crippen LogP contribution in [0.15, 0.2) is 41.3 Å². The third-order valence-electron chi connectivity index (χ3n) is 9.16. The fraction of sp³-hybridized carbons (Fsp3) is 0.536. The van der Waals surface area contributed by atoms with Crippen molar-refractivity contribution in [3.05, 3.63) is 47.5 Å². The number of hydrogen-bond acceptors (Lipinski definition) is 7. The topological polar surface area (TPSA) is 104 Å². The predicted octanol–water partition coefficient (Wildman–Crippen LogP) is 4.67. The number of aromatic amines is 1. The number of rotatable bonds is 5. The SMILES string of the molecule is CS(=O)(=O)c1c(C(F)(F)F)ccc(-c2ccc(C3CCN(C4CC5(CCNCC5)C4)CC3)cc2)c1-c1nnn[nH]1. The predicted molar refractivity (Wildman–Crippen MR) is 144 cm³/mol. The first-order valence-electron chi connectivity index (χ1n) is 13.8. The summed E-state index contributed by atoms with van der Waals surface area (Å²) in [6, 6.07) is 10.5. The van der Waals surface area contributed by atoms with E-state index in [0.717, 1.165) is 51.3 Å². The molecule has 0 unspecified atom stereocenters. The van der Waals surface area contributed by atoms with E-state index in [2.05, 4.69) is 30.8 Å². The average Bonchev–Trinajstić information content (AvgIpc) is 3.45. The zero-order chi connectivity index (χ0) is 28.1. The van der Waals surface area contributed by atoms with Crippen LogP contribution in [0.3, 0.4) is 0 Å². The molecule has 2 aliphatic heterocycles. The van der Waals surface area contributed by atoms with E-state index in [1.807, 2.05) is 24.3 Å². The van der Waals surface area contributed by atoms with E-state index in [4.69, 9.17) is 0 Å². The van der Waals surface area contributed by atoms with Crippen molar-refractivity contribution in [1.82, 2.24) is 30.8 Å². The lowest BCUT2D eigenvalue weighted by molar-refractivity contribution is -0.139. The second-order valence-corrected chi connectivity index (χ2v) is 13.6. The molecule has 6 rings (SSSR count). The van der Waals surface area contributed by atoms with Crippen molar-refractivity contribution in [2.45, 2.75) is 61.6 Å². The molecule has 0 amide bonds. The molecule has 0 radical (unpaired) electrons. The van der Waals surface area contributed by atoms with E-state index in [-0.39, 0.29) is 11.4 Å². The second-order valence-electron chi connectivity index (χ2n) is 11.6. The normalized spacial score (nSPS) is 21.0. The third kappa shape index (κ3) is 5.16. The van der Waals surface area contributed by atoms with Crippen molar-refractivity contribution in [2.75, 3.05) is 32.4 Å². The minimum absolute atomic E-state index is 0.139. The van der Waals surface area contributed by atoms with Crippen molar-refractivity contribution in [3.8, 4) is 22.5 Å². The van der Waals surface area contributed by atoms with E-state index < -0.39 is 26.5 Å². The van der Waals surface area contributed by atoms with E-state index in [9.17, 15) is 21.6 Å². The molecule has 1 spiro atoms. The molecule has 3 aromatic rings. The summed E-state index contributed by atoms with van der Waals surface area (Å²) in [5, 5.41) is 16.6. The summed E-state index contributed by atoms with van der Waals surface area (Å²) in [5.41, 5.74) is 1.22. The van der Waals surface area contributed by atoms with Crippen molar-refractivity contribution in [2.24, 2.45) is 5.41 Å². The minimum atomic E-state index is -4.87. The van der Waals surface area contributed by atoms with Gasteiger partial charge in [0, 0.05) is 17.9 Å². The van der Waals surface area contributed by atoms with Gasteiger partial charge in [-0.25, -0.2) is 13.5 Å². The number of nitrogens with zero attached hydrogens (tertiary/aromatic N) is 4. The number of piperidine rings is 2. The summed E-state index contributed by atoms with van der Waals surface area (Å²) in [7, 11) is -4.29. The molecule has 214 valence electrons. The molecular formula is C28H33F3N6O2S. The van der Waals surface area contributed by atoms with Crippen LogP contribution in [-0.4, -0.2) is 72.4 Å². The van der Waals surface area contributed by atoms with Crippen LogP contribution in [0.2, 0.25) is 0 Å². The molecule has 12 heteroatoms. The lowest BCUT2D eigenvalue weighted by Crippen LogP contribution is -2.55. The number of sulfone groups is 1. The Morgan fingerprint density at radius 1 is 1.00 bits per heavy atom. The summed E-state index contributed by atoms with van der Waals surface area (Å²) in [4.78, 5) is 1.82. The average molecular weight is 575 g/mol. The Bertz CT molecular complexity index is 1450. The molecule has 8 nitrogen and oxygen atoms in total. The van der Waals surface area contributed by atoms with Crippen molar-refractivity contribution in [3.63, 3.8) is 0 Å². The Balaban J connectivity index is 1.22. The number of halogens is 3. The Hall–Kier alpha value is -2.83. The highest BCUT2D eigenvalue weighted by atomic mass is 32.2. The molecular weight excluding hydrogens is 541 g/mol. The molecule has 3 fully saturated rings. The molecule has 3 heterocycles. The molecule has 1 aliphatic carbocycles. The van der Waals surface area contributed by atoms with Crippen LogP contribution in [0.25, 0.3) is 22.5 Å². The molecule has 3 aliphatic rings. The number of likely N-dealkylation sites (tertiary alicyclic amines) is 1. The standard InChI is InChI=1S/C28H33F3N6O2S/c1-40(38,39)25-23(28(29,30)31)7-6-22(24(25)26-33-35-36-34-26)20-4-2-18(3-5-20)19-8-14-37(15-9-19)21-16-27(17-21)10-12-32-13-11-27/h2-7,19,21,32H,8-17H2,1H3,(H,33,34,35,36). The summed E-state index contributed by atoms with van der Waals surface area (Å²) >= 11 is 0. The van der Waals surface area contributed by atoms with Gasteiger partial charge in [0.1, 0.15) is 0 Å². The van der Waals surface area contributed by atoms with Gasteiger partial charge in [-0.3, -0.25) is 0 Å². The van der Waals surface area contributed by atoms with Crippen LogP contribution in [0.4, 0.5) is 13.2 Å². The maximum Gasteiger partial charge on any atom is 0.417 e. The zero-order valence-corrected chi connectivity index (χ0v) is 23.2. The Morgan fingerprint density at radius 2 is 1.68 bits per heavy atom. The maximum atomic E-state index is 13.9. The van der Waals surface area contributed by atoms with Gasteiger partial charge in [0.2, 0.25) is 0 Å². The van der Waals surface area contributed by atoms with Crippen molar-refractivity contribution in [1.29, 1.82) is 0 Å². The van der Waals surface area contributed by atoms with Crippen molar-refractivity contribution >= 4 is 9.84 Å². The van der Waals surface area contributed by atoms with E-state index in [1.54, 1.807) is 0 Å². The van der Waals surface area contributed by atoms with Gasteiger partial charge in [0.05, 0.1) is 10.5 Å². The number of benzene rings is 2. The lowest BCUT2D eigenvalue weighted by Gasteiger charge is -2.55. The fourth-order valence-electron chi connectivity index (χ4n) is 7.03. The summed E-state index contributed by atoms with van der Waals surface area (Å²) in [5.74, 6) is 0.274. The summed E-state index contributed by atoms with van der Waals surface area (Å²) in [6.07, 6.45) is 3.26. The smallest absolute Gasteiger partial charge is 0.317 e. The number of tetrazole rings is 1. The largest absolute Gasteiger partial charge is 0.417 e. The maximum absolute atomic E-state index is 13.9. The van der Waals surface area contributed by atoms with Gasteiger partial charge in [0.15, 0.2) is 15.7 Å². The van der Waals surface area contributed by atoms with Gasteiger partial charge >= 0.3 is 6.18 Å². The van der Waals surface area contributed by atoms with Crippen molar-refractivity contribution < 1.29 is 21.6 Å². The summed E-state index contributed by atoms with van der Waals surface area (Å²) < 4.78 is 66.9. The molecule has 1 saturated carbocycles. The number of H-pyrrole nitrogens is 1. The molecule has 40 heavy (non-hydrogen) atoms. The monoisotopic (exact) mass is 574 g/mol. The van der Waals surface area contributed by atoms with Crippen LogP contribution in [0, 0.1) is 5.41 Å². The van der Waals surface area contributed by atoms with E-state index in [1.165, 1.54) is 37.3 Å². The fourth-order valence-corrected chi connectivity index (χ4v) is 8.19. The molecule has 2 aromatic carbocycles. The second kappa shape index (κ2) is 10.2. The first kappa shape index (κ1) is 27.3. The highest BCUT2D eigenvalue weighted by molar-refractivity contribution is 7.91. The number of aromatic nitrogens is 4. The first-order valence-corrected chi connectivity index (χ1v) is 15.7. The summed E-state index contributed by atoms with van der Waals surface area (Å²) in [6.45, 7) is 4.43. The van der Waals surface area contributed by atoms with Gasteiger partial charge in [-0.1, -0.05) is 30.3 Å². The Morgan fingerprint density at radius 3 is 2.25 bits per heavy atom. The molecule has 0 atom stereocenters. The third-order valence-corrected chi connectivity index (χ3v) is 10.3. The lowest BCUT2D eigenvalue weighted by atomic mass is 9.60. The van der Waals surface area contributed by atoms with Gasteiger partial charge in [-0.15, -0.1) is 5.10 Å². The number of alkyl halides is 3. The molecule has 1 aromatic heterocycles. The van der Waals surface area contributed by atoms with Crippen LogP contribution in [0.5, 0.6) is 0 Å². The number of hydrogen-bond donors (Lipinski definition) is 2. The number of nitrogens with one attached hydrogen (secondary N) is 2.